The molecule has 0 atom stereocenters. The predicted octanol–water partition coefficient (Wildman–Crippen LogP) is 3.49. The summed E-state index contributed by atoms with van der Waals surface area (Å²) in [5, 5.41) is 12.8. The first-order chi connectivity index (χ1) is 13.0. The van der Waals surface area contributed by atoms with Crippen LogP contribution in [0.1, 0.15) is 32.6 Å². The zero-order chi connectivity index (χ0) is 19.2. The highest BCUT2D eigenvalue weighted by Gasteiger charge is 2.06. The van der Waals surface area contributed by atoms with Crippen molar-refractivity contribution < 1.29 is 4.79 Å². The summed E-state index contributed by atoms with van der Waals surface area (Å²) >= 11 is 1.60. The van der Waals surface area contributed by atoms with Crippen LogP contribution in [0, 0.1) is 13.8 Å². The Bertz CT molecular complexity index is 963. The Balaban J connectivity index is 1.56. The lowest BCUT2D eigenvalue weighted by Gasteiger charge is -2.04. The van der Waals surface area contributed by atoms with Gasteiger partial charge in [-0.05, 0) is 42.7 Å². The van der Waals surface area contributed by atoms with Crippen LogP contribution in [0.15, 0.2) is 59.0 Å². The van der Waals surface area contributed by atoms with E-state index in [1.54, 1.807) is 36.4 Å². The van der Waals surface area contributed by atoms with Crippen molar-refractivity contribution in [2.24, 2.45) is 12.1 Å². The molecule has 1 amide bonds. The zero-order valence-electron chi connectivity index (χ0n) is 15.5. The third kappa shape index (κ3) is 5.04. The van der Waals surface area contributed by atoms with Crippen LogP contribution in [-0.4, -0.2) is 26.9 Å². The van der Waals surface area contributed by atoms with Crippen molar-refractivity contribution in [3.63, 3.8) is 0 Å². The first-order valence-electron chi connectivity index (χ1n) is 8.49. The number of nitrogens with zero attached hydrogens (tertiary/aromatic N) is 4. The van der Waals surface area contributed by atoms with Gasteiger partial charge >= 0.3 is 0 Å². The Kier molecular flexibility index (Phi) is 6.03. The fourth-order valence-electron chi connectivity index (χ4n) is 2.43. The molecular formula is C20H21N5OS. The zero-order valence-corrected chi connectivity index (χ0v) is 16.3. The minimum Gasteiger partial charge on any atom is -0.312 e. The minimum absolute atomic E-state index is 0.232. The molecule has 0 fully saturated rings. The highest BCUT2D eigenvalue weighted by atomic mass is 32.2. The average molecular weight is 379 g/mol. The van der Waals surface area contributed by atoms with E-state index in [9.17, 15) is 4.79 Å². The standard InChI is InChI=1S/C20H21N5OS/c1-14-4-5-15(2)18(10-14)11-21-23-19(26)17-8-6-16(7-9-17)12-27-20-24-22-13-25(20)3/h4-11,13H,12H2,1-3H3,(H,23,26)/b21-11-. The molecule has 0 unspecified atom stereocenters. The number of benzene rings is 2. The molecule has 0 radical (unpaired) electrons. The SMILES string of the molecule is Cc1ccc(C)c(/C=N\NC(=O)c2ccc(CSc3nncn3C)cc2)c1. The van der Waals surface area contributed by atoms with Gasteiger partial charge in [-0.25, -0.2) is 5.43 Å². The summed E-state index contributed by atoms with van der Waals surface area (Å²) < 4.78 is 1.88. The molecule has 0 aliphatic carbocycles. The van der Waals surface area contributed by atoms with Crippen molar-refractivity contribution in [2.75, 3.05) is 0 Å². The van der Waals surface area contributed by atoms with Gasteiger partial charge in [0.25, 0.3) is 5.91 Å². The number of carbonyl (C=O) groups excluding carboxylic acids is 1. The van der Waals surface area contributed by atoms with Gasteiger partial charge in [-0.15, -0.1) is 10.2 Å². The number of nitrogens with one attached hydrogen (secondary N) is 1. The van der Waals surface area contributed by atoms with E-state index in [2.05, 4.69) is 26.8 Å². The van der Waals surface area contributed by atoms with Crippen LogP contribution in [0.5, 0.6) is 0 Å². The van der Waals surface area contributed by atoms with Gasteiger partial charge in [0.15, 0.2) is 5.16 Å². The molecule has 138 valence electrons. The number of amides is 1. The summed E-state index contributed by atoms with van der Waals surface area (Å²) in [5.41, 5.74) is 7.52. The van der Waals surface area contributed by atoms with Crippen molar-refractivity contribution in [1.29, 1.82) is 0 Å². The summed E-state index contributed by atoms with van der Waals surface area (Å²) in [7, 11) is 1.91. The fraction of sp³-hybridized carbons (Fsp3) is 0.200. The number of hydrogen-bond donors (Lipinski definition) is 1. The van der Waals surface area contributed by atoms with Crippen LogP contribution in [-0.2, 0) is 12.8 Å². The number of hydrogen-bond acceptors (Lipinski definition) is 5. The number of rotatable bonds is 6. The van der Waals surface area contributed by atoms with Crippen LogP contribution in [0.2, 0.25) is 0 Å². The molecule has 6 nitrogen and oxygen atoms in total. The lowest BCUT2D eigenvalue weighted by Crippen LogP contribution is -2.17. The molecule has 3 aromatic rings. The Hall–Kier alpha value is -2.93. The molecule has 0 aliphatic heterocycles. The van der Waals surface area contributed by atoms with Gasteiger partial charge in [-0.1, -0.05) is 47.7 Å². The number of carbonyl (C=O) groups is 1. The first kappa shape index (κ1) is 18.8. The molecule has 7 heteroatoms. The lowest BCUT2D eigenvalue weighted by molar-refractivity contribution is 0.0955. The normalized spacial score (nSPS) is 11.1. The summed E-state index contributed by atoms with van der Waals surface area (Å²) in [6.45, 7) is 4.04. The molecule has 27 heavy (non-hydrogen) atoms. The summed E-state index contributed by atoms with van der Waals surface area (Å²) in [4.78, 5) is 12.2. The van der Waals surface area contributed by atoms with Gasteiger partial charge in [0.05, 0.1) is 6.21 Å². The predicted molar refractivity (Wildman–Crippen MR) is 108 cm³/mol. The first-order valence-corrected chi connectivity index (χ1v) is 9.48. The van der Waals surface area contributed by atoms with Gasteiger partial charge in [-0.3, -0.25) is 4.79 Å². The third-order valence-corrected chi connectivity index (χ3v) is 5.16. The molecule has 0 saturated carbocycles. The Labute approximate surface area is 162 Å². The van der Waals surface area contributed by atoms with Crippen LogP contribution in [0.4, 0.5) is 0 Å². The summed E-state index contributed by atoms with van der Waals surface area (Å²) in [6.07, 6.45) is 3.35. The lowest BCUT2D eigenvalue weighted by atomic mass is 10.1. The number of aromatic nitrogens is 3. The second-order valence-corrected chi connectivity index (χ2v) is 7.21. The van der Waals surface area contributed by atoms with Crippen LogP contribution in [0.3, 0.4) is 0 Å². The van der Waals surface area contributed by atoms with E-state index in [1.165, 1.54) is 0 Å². The van der Waals surface area contributed by atoms with E-state index in [0.717, 1.165) is 33.2 Å². The smallest absolute Gasteiger partial charge is 0.271 e. The Morgan fingerprint density at radius 2 is 2.00 bits per heavy atom. The van der Waals surface area contributed by atoms with Crippen LogP contribution < -0.4 is 5.43 Å². The van der Waals surface area contributed by atoms with Gasteiger partial charge in [0, 0.05) is 18.4 Å². The number of thioether (sulfide) groups is 1. The maximum absolute atomic E-state index is 12.2. The molecule has 0 saturated heterocycles. The fourth-order valence-corrected chi connectivity index (χ4v) is 3.27. The molecule has 1 N–H and O–H groups in total. The van der Waals surface area contributed by atoms with E-state index < -0.39 is 0 Å². The average Bonchev–Trinajstić information content (AvgIpc) is 3.08. The number of aryl methyl sites for hydroxylation is 3. The van der Waals surface area contributed by atoms with Gasteiger partial charge in [0.2, 0.25) is 0 Å². The molecular weight excluding hydrogens is 358 g/mol. The van der Waals surface area contributed by atoms with Crippen LogP contribution in [0.25, 0.3) is 0 Å². The topological polar surface area (TPSA) is 72.2 Å². The molecule has 2 aromatic carbocycles. The molecule has 1 heterocycles. The van der Waals surface area contributed by atoms with Crippen molar-refractivity contribution in [3.05, 3.63) is 76.6 Å². The number of hydrazone groups is 1. The Morgan fingerprint density at radius 3 is 2.70 bits per heavy atom. The van der Waals surface area contributed by atoms with Gasteiger partial charge in [0.1, 0.15) is 6.33 Å². The maximum atomic E-state index is 12.2. The second-order valence-electron chi connectivity index (χ2n) is 6.27. The molecule has 0 spiro atoms. The molecule has 0 bridgehead atoms. The highest BCUT2D eigenvalue weighted by molar-refractivity contribution is 7.98. The third-order valence-electron chi connectivity index (χ3n) is 4.06. The summed E-state index contributed by atoms with van der Waals surface area (Å²) in [6, 6.07) is 13.6. The maximum Gasteiger partial charge on any atom is 0.271 e. The molecule has 1 aromatic heterocycles. The Morgan fingerprint density at radius 1 is 1.22 bits per heavy atom. The van der Waals surface area contributed by atoms with Gasteiger partial charge in [-0.2, -0.15) is 5.10 Å². The van der Waals surface area contributed by atoms with Crippen molar-refractivity contribution in [2.45, 2.75) is 24.8 Å². The minimum atomic E-state index is -0.232. The van der Waals surface area contributed by atoms with Gasteiger partial charge < -0.3 is 4.57 Å². The molecule has 3 rings (SSSR count). The van der Waals surface area contributed by atoms with E-state index in [-0.39, 0.29) is 5.91 Å². The quantitative estimate of drug-likeness (QED) is 0.404. The van der Waals surface area contributed by atoms with Crippen molar-refractivity contribution in [3.8, 4) is 0 Å². The highest BCUT2D eigenvalue weighted by Crippen LogP contribution is 2.20. The van der Waals surface area contributed by atoms with E-state index in [1.807, 2.05) is 49.7 Å². The monoisotopic (exact) mass is 379 g/mol. The van der Waals surface area contributed by atoms with E-state index in [0.29, 0.717) is 5.56 Å². The van der Waals surface area contributed by atoms with Crippen molar-refractivity contribution >= 4 is 23.9 Å². The van der Waals surface area contributed by atoms with E-state index >= 15 is 0 Å². The summed E-state index contributed by atoms with van der Waals surface area (Å²) in [5.74, 6) is 0.531. The van der Waals surface area contributed by atoms with Crippen LogP contribution >= 0.6 is 11.8 Å². The second kappa shape index (κ2) is 8.64. The molecule has 0 aliphatic rings. The van der Waals surface area contributed by atoms with E-state index in [4.69, 9.17) is 0 Å². The largest absolute Gasteiger partial charge is 0.312 e. The van der Waals surface area contributed by atoms with Crippen molar-refractivity contribution in [1.82, 2.24) is 20.2 Å².